The molecular weight excluding hydrogens is 362 g/mol. The van der Waals surface area contributed by atoms with E-state index in [9.17, 15) is 10.2 Å². The number of hydrogen-bond donors (Lipinski definition) is 2. The average molecular weight is 383 g/mol. The Morgan fingerprint density at radius 3 is 1.93 bits per heavy atom. The quantitative estimate of drug-likeness (QED) is 0.600. The van der Waals surface area contributed by atoms with Crippen LogP contribution in [0.3, 0.4) is 0 Å². The lowest BCUT2D eigenvalue weighted by atomic mass is 9.63. The summed E-state index contributed by atoms with van der Waals surface area (Å²) in [7, 11) is 0. The second-order valence-electron chi connectivity index (χ2n) is 6.82. The number of rotatable bonds is 4. The highest BCUT2D eigenvalue weighted by Gasteiger charge is 2.46. The van der Waals surface area contributed by atoms with E-state index < -0.39 is 5.41 Å². The lowest BCUT2D eigenvalue weighted by Crippen LogP contribution is -2.35. The third-order valence-corrected chi connectivity index (χ3v) is 5.21. The number of phenols is 2. The number of nitrogens with zero attached hydrogens (tertiary/aromatic N) is 1. The fourth-order valence-corrected chi connectivity index (χ4v) is 4.02. The van der Waals surface area contributed by atoms with Gasteiger partial charge < -0.3 is 14.9 Å². The summed E-state index contributed by atoms with van der Waals surface area (Å²) < 4.78 is 6.09. The van der Waals surface area contributed by atoms with E-state index in [4.69, 9.17) is 4.74 Å². The summed E-state index contributed by atoms with van der Waals surface area (Å²) in [5.74, 6) is 1.48. The molecule has 0 unspecified atom stereocenters. The molecule has 29 heavy (non-hydrogen) atoms. The zero-order chi connectivity index (χ0) is 20.4. The van der Waals surface area contributed by atoms with Crippen LogP contribution >= 0.6 is 0 Å². The van der Waals surface area contributed by atoms with E-state index in [1.165, 1.54) is 0 Å². The Balaban J connectivity index is 2.19. The summed E-state index contributed by atoms with van der Waals surface area (Å²) in [5, 5.41) is 19.8. The van der Waals surface area contributed by atoms with Gasteiger partial charge in [0.15, 0.2) is 0 Å². The van der Waals surface area contributed by atoms with Crippen molar-refractivity contribution in [1.82, 2.24) is 0 Å². The molecule has 4 heteroatoms. The Labute approximate surface area is 169 Å². The van der Waals surface area contributed by atoms with Crippen molar-refractivity contribution in [2.24, 2.45) is 4.99 Å². The molecular formula is C25H21NO3. The molecule has 3 aromatic carbocycles. The number of aliphatic imine (C=N–C) groups is 1. The van der Waals surface area contributed by atoms with Gasteiger partial charge in [0.2, 0.25) is 5.88 Å². The van der Waals surface area contributed by atoms with Crippen LogP contribution in [-0.2, 0) is 5.41 Å². The van der Waals surface area contributed by atoms with E-state index in [1.807, 2.05) is 67.6 Å². The fraction of sp³-hybridized carbons (Fsp3) is 0.0800. The van der Waals surface area contributed by atoms with Gasteiger partial charge in [-0.3, -0.25) is 0 Å². The fourth-order valence-electron chi connectivity index (χ4n) is 4.02. The topological polar surface area (TPSA) is 62.1 Å². The number of ether oxygens (including phenoxy) is 1. The lowest BCUT2D eigenvalue weighted by molar-refractivity contribution is 0.380. The van der Waals surface area contributed by atoms with Crippen LogP contribution in [0.1, 0.15) is 23.6 Å². The third-order valence-electron chi connectivity index (χ3n) is 5.21. The summed E-state index contributed by atoms with van der Waals surface area (Å²) in [4.78, 5) is 4.19. The van der Waals surface area contributed by atoms with Crippen LogP contribution in [-0.4, -0.2) is 16.9 Å². The zero-order valence-electron chi connectivity index (χ0n) is 16.0. The van der Waals surface area contributed by atoms with Gasteiger partial charge in [0.05, 0.1) is 5.41 Å². The Morgan fingerprint density at radius 2 is 1.41 bits per heavy atom. The Bertz CT molecular complexity index is 1060. The van der Waals surface area contributed by atoms with Crippen LogP contribution in [0.25, 0.3) is 0 Å². The standard InChI is InChI=1S/C25H21NO3/c1-3-6-22-24(26-2)29-23-8-5-4-7-21(23)25(22,17-9-13-19(27)14-10-17)18-11-15-20(28)16-12-18/h3-16,27-28H,2H2,1H3/b6-3-. The Kier molecular flexibility index (Phi) is 4.69. The van der Waals surface area contributed by atoms with Crippen molar-refractivity contribution in [1.29, 1.82) is 0 Å². The monoisotopic (exact) mass is 383 g/mol. The van der Waals surface area contributed by atoms with Crippen molar-refractivity contribution < 1.29 is 14.9 Å². The van der Waals surface area contributed by atoms with Crippen LogP contribution in [0.2, 0.25) is 0 Å². The van der Waals surface area contributed by atoms with Gasteiger partial charge in [0.1, 0.15) is 17.2 Å². The van der Waals surface area contributed by atoms with Crippen molar-refractivity contribution in [3.8, 4) is 17.2 Å². The Hall–Kier alpha value is -3.79. The SMILES string of the molecule is C=NC1=C(/C=C\C)C(c2ccc(O)cc2)(c2ccc(O)cc2)c2ccccc2O1. The highest BCUT2D eigenvalue weighted by Crippen LogP contribution is 2.53. The van der Waals surface area contributed by atoms with Crippen LogP contribution in [0.5, 0.6) is 17.2 Å². The molecule has 0 radical (unpaired) electrons. The van der Waals surface area contributed by atoms with Crippen LogP contribution < -0.4 is 4.74 Å². The van der Waals surface area contributed by atoms with Crippen molar-refractivity contribution in [3.05, 3.63) is 113 Å². The molecule has 0 atom stereocenters. The molecule has 1 aliphatic rings. The smallest absolute Gasteiger partial charge is 0.223 e. The first-order chi connectivity index (χ1) is 14.1. The van der Waals surface area contributed by atoms with Gasteiger partial charge in [-0.1, -0.05) is 54.6 Å². The molecule has 0 fully saturated rings. The molecule has 0 saturated carbocycles. The maximum absolute atomic E-state index is 9.90. The maximum atomic E-state index is 9.90. The van der Waals surface area contributed by atoms with E-state index in [-0.39, 0.29) is 11.5 Å². The molecule has 0 aromatic heterocycles. The van der Waals surface area contributed by atoms with Gasteiger partial charge in [-0.05, 0) is 55.1 Å². The molecule has 1 heterocycles. The van der Waals surface area contributed by atoms with E-state index in [0.717, 1.165) is 22.3 Å². The second kappa shape index (κ2) is 7.32. The summed E-state index contributed by atoms with van der Waals surface area (Å²) in [5.41, 5.74) is 2.87. The molecule has 2 N–H and O–H groups in total. The minimum atomic E-state index is -0.765. The van der Waals surface area contributed by atoms with Crippen molar-refractivity contribution in [3.63, 3.8) is 0 Å². The summed E-state index contributed by atoms with van der Waals surface area (Å²) in [6, 6.07) is 22.1. The van der Waals surface area contributed by atoms with Crippen LogP contribution in [0.15, 0.2) is 101 Å². The third kappa shape index (κ3) is 2.90. The molecule has 0 amide bonds. The largest absolute Gasteiger partial charge is 0.508 e. The van der Waals surface area contributed by atoms with Crippen molar-refractivity contribution >= 4 is 6.72 Å². The molecule has 0 saturated heterocycles. The molecule has 1 aliphatic heterocycles. The number of para-hydroxylation sites is 1. The molecule has 0 spiro atoms. The summed E-state index contributed by atoms with van der Waals surface area (Å²) >= 11 is 0. The highest BCUT2D eigenvalue weighted by molar-refractivity contribution is 5.68. The van der Waals surface area contributed by atoms with Crippen LogP contribution in [0.4, 0.5) is 0 Å². The van der Waals surface area contributed by atoms with Gasteiger partial charge in [-0.15, -0.1) is 0 Å². The van der Waals surface area contributed by atoms with E-state index in [0.29, 0.717) is 11.6 Å². The summed E-state index contributed by atoms with van der Waals surface area (Å²) in [6.45, 7) is 5.66. The highest BCUT2D eigenvalue weighted by atomic mass is 16.5. The minimum absolute atomic E-state index is 0.189. The number of phenolic OH excluding ortho intramolecular Hbond substituents is 2. The van der Waals surface area contributed by atoms with Gasteiger partial charge in [-0.2, -0.15) is 0 Å². The maximum Gasteiger partial charge on any atom is 0.223 e. The zero-order valence-corrected chi connectivity index (χ0v) is 16.0. The number of aromatic hydroxyl groups is 2. The first-order valence-corrected chi connectivity index (χ1v) is 9.31. The van der Waals surface area contributed by atoms with E-state index in [1.54, 1.807) is 24.3 Å². The first kappa shape index (κ1) is 18.6. The molecule has 3 aromatic rings. The van der Waals surface area contributed by atoms with Crippen molar-refractivity contribution in [2.75, 3.05) is 0 Å². The molecule has 0 bridgehead atoms. The van der Waals surface area contributed by atoms with E-state index >= 15 is 0 Å². The normalized spacial score (nSPS) is 15.1. The first-order valence-electron chi connectivity index (χ1n) is 9.31. The number of benzene rings is 3. The predicted octanol–water partition coefficient (Wildman–Crippen LogP) is 5.31. The number of fused-ring (bicyclic) bond motifs is 1. The van der Waals surface area contributed by atoms with Gasteiger partial charge in [0, 0.05) is 11.1 Å². The second-order valence-corrected chi connectivity index (χ2v) is 6.82. The molecule has 0 aliphatic carbocycles. The summed E-state index contributed by atoms with van der Waals surface area (Å²) in [6.07, 6.45) is 3.91. The molecule has 4 rings (SSSR count). The number of hydrogen-bond acceptors (Lipinski definition) is 4. The van der Waals surface area contributed by atoms with Gasteiger partial charge in [-0.25, -0.2) is 4.99 Å². The van der Waals surface area contributed by atoms with Crippen molar-refractivity contribution in [2.45, 2.75) is 12.3 Å². The van der Waals surface area contributed by atoms with E-state index in [2.05, 4.69) is 11.7 Å². The Morgan fingerprint density at radius 1 is 0.862 bits per heavy atom. The number of allylic oxidation sites excluding steroid dienone is 3. The minimum Gasteiger partial charge on any atom is -0.508 e. The van der Waals surface area contributed by atoms with Gasteiger partial charge >= 0.3 is 0 Å². The predicted molar refractivity (Wildman–Crippen MR) is 115 cm³/mol. The molecule has 4 nitrogen and oxygen atoms in total. The van der Waals surface area contributed by atoms with Crippen LogP contribution in [0, 0.1) is 0 Å². The lowest BCUT2D eigenvalue weighted by Gasteiger charge is -2.41. The van der Waals surface area contributed by atoms with Gasteiger partial charge in [0.25, 0.3) is 0 Å². The molecule has 144 valence electrons. The average Bonchev–Trinajstić information content (AvgIpc) is 2.75.